The van der Waals surface area contributed by atoms with Crippen molar-refractivity contribution in [1.82, 2.24) is 20.9 Å². The van der Waals surface area contributed by atoms with Crippen LogP contribution in [-0.4, -0.2) is 99.8 Å². The molecule has 2 rings (SSSR count). The second kappa shape index (κ2) is 13.5. The summed E-state index contributed by atoms with van der Waals surface area (Å²) in [7, 11) is 0. The molecular weight excluding hydrogens is 474 g/mol. The highest BCUT2D eigenvalue weighted by molar-refractivity contribution is 5.95. The quantitative estimate of drug-likeness (QED) is 0.154. The number of carbonyl (C=O) groups is 5. The van der Waals surface area contributed by atoms with Gasteiger partial charge >= 0.3 is 5.97 Å². The van der Waals surface area contributed by atoms with Gasteiger partial charge in [0.2, 0.25) is 23.6 Å². The second-order valence-electron chi connectivity index (χ2n) is 8.54. The van der Waals surface area contributed by atoms with Crippen LogP contribution in [0.1, 0.15) is 25.3 Å². The lowest BCUT2D eigenvalue weighted by molar-refractivity contribution is -0.144. The molecule has 8 N–H and O–H groups in total. The number of carboxylic acid groups (broad SMARTS) is 1. The van der Waals surface area contributed by atoms with Gasteiger partial charge in [-0.05, 0) is 31.7 Å². The molecule has 1 aliphatic heterocycles. The van der Waals surface area contributed by atoms with Crippen LogP contribution in [0.15, 0.2) is 30.3 Å². The first-order chi connectivity index (χ1) is 17.1. The molecule has 0 spiro atoms. The smallest absolute Gasteiger partial charge is 0.328 e. The molecule has 1 fully saturated rings. The largest absolute Gasteiger partial charge is 0.480 e. The zero-order chi connectivity index (χ0) is 26.8. The van der Waals surface area contributed by atoms with E-state index < -0.39 is 73.0 Å². The number of aliphatic hydroxyl groups excluding tert-OH is 2. The molecule has 0 radical (unpaired) electrons. The van der Waals surface area contributed by atoms with Crippen molar-refractivity contribution in [2.24, 2.45) is 5.73 Å². The van der Waals surface area contributed by atoms with Crippen molar-refractivity contribution in [3.8, 4) is 0 Å². The van der Waals surface area contributed by atoms with Gasteiger partial charge in [-0.3, -0.25) is 19.2 Å². The lowest BCUT2D eigenvalue weighted by Crippen LogP contribution is -2.58. The predicted octanol–water partition coefficient (Wildman–Crippen LogP) is -2.91. The summed E-state index contributed by atoms with van der Waals surface area (Å²) in [4.78, 5) is 62.8. The number of hydrogen-bond acceptors (Lipinski definition) is 8. The third-order valence-electron chi connectivity index (χ3n) is 5.82. The molecular formula is C23H33N5O8. The molecule has 198 valence electrons. The van der Waals surface area contributed by atoms with E-state index in [-0.39, 0.29) is 13.0 Å². The molecule has 1 heterocycles. The number of nitrogens with one attached hydrogen (secondary N) is 3. The molecule has 13 nitrogen and oxygen atoms in total. The maximum atomic E-state index is 13.0. The van der Waals surface area contributed by atoms with E-state index in [9.17, 15) is 29.1 Å². The summed E-state index contributed by atoms with van der Waals surface area (Å²) in [6.45, 7) is 0.0148. The van der Waals surface area contributed by atoms with Gasteiger partial charge in [-0.15, -0.1) is 0 Å². The third-order valence-corrected chi connectivity index (χ3v) is 5.82. The van der Waals surface area contributed by atoms with Gasteiger partial charge in [0.05, 0.1) is 19.3 Å². The van der Waals surface area contributed by atoms with Crippen LogP contribution < -0.4 is 21.7 Å². The molecule has 1 aromatic rings. The van der Waals surface area contributed by atoms with E-state index in [2.05, 4.69) is 10.6 Å². The van der Waals surface area contributed by atoms with Crippen LogP contribution in [0.3, 0.4) is 0 Å². The highest BCUT2D eigenvalue weighted by Gasteiger charge is 2.38. The number of amides is 4. The Kier molecular flexibility index (Phi) is 10.8. The third kappa shape index (κ3) is 7.73. The summed E-state index contributed by atoms with van der Waals surface area (Å²) < 4.78 is 0. The van der Waals surface area contributed by atoms with Crippen molar-refractivity contribution in [1.29, 1.82) is 0 Å². The molecule has 13 heteroatoms. The maximum absolute atomic E-state index is 13.0. The first-order valence-electron chi connectivity index (χ1n) is 11.5. The average Bonchev–Trinajstić information content (AvgIpc) is 3.35. The van der Waals surface area contributed by atoms with Gasteiger partial charge in [0.1, 0.15) is 24.2 Å². The Morgan fingerprint density at radius 2 is 1.64 bits per heavy atom. The Labute approximate surface area is 208 Å². The zero-order valence-electron chi connectivity index (χ0n) is 19.9. The molecule has 1 aliphatic rings. The fraction of sp³-hybridized carbons (Fsp3) is 0.522. The van der Waals surface area contributed by atoms with E-state index >= 15 is 0 Å². The van der Waals surface area contributed by atoms with Gasteiger partial charge in [0.15, 0.2) is 0 Å². The van der Waals surface area contributed by atoms with Crippen LogP contribution >= 0.6 is 0 Å². The maximum Gasteiger partial charge on any atom is 0.328 e. The van der Waals surface area contributed by atoms with Crippen LogP contribution in [0.2, 0.25) is 0 Å². The minimum atomic E-state index is -1.61. The predicted molar refractivity (Wildman–Crippen MR) is 126 cm³/mol. The van der Waals surface area contributed by atoms with Crippen molar-refractivity contribution in [3.05, 3.63) is 35.9 Å². The summed E-state index contributed by atoms with van der Waals surface area (Å²) in [5.74, 6) is -4.24. The number of nitrogens with two attached hydrogens (primary N) is 1. The second-order valence-corrected chi connectivity index (χ2v) is 8.54. The van der Waals surface area contributed by atoms with Gasteiger partial charge in [-0.25, -0.2) is 4.79 Å². The Hall–Kier alpha value is -3.55. The molecule has 0 bridgehead atoms. The van der Waals surface area contributed by atoms with E-state index in [1.807, 2.05) is 35.6 Å². The summed E-state index contributed by atoms with van der Waals surface area (Å²) in [5.41, 5.74) is 6.84. The van der Waals surface area contributed by atoms with Gasteiger partial charge in [-0.1, -0.05) is 30.3 Å². The summed E-state index contributed by atoms with van der Waals surface area (Å²) >= 11 is 0. The average molecular weight is 508 g/mol. The van der Waals surface area contributed by atoms with Crippen molar-refractivity contribution >= 4 is 29.6 Å². The van der Waals surface area contributed by atoms with E-state index in [4.69, 9.17) is 15.9 Å². The van der Waals surface area contributed by atoms with Crippen molar-refractivity contribution in [2.75, 3.05) is 19.8 Å². The number of benzene rings is 1. The zero-order valence-corrected chi connectivity index (χ0v) is 19.9. The van der Waals surface area contributed by atoms with E-state index in [0.717, 1.165) is 5.56 Å². The van der Waals surface area contributed by atoms with E-state index in [0.29, 0.717) is 12.8 Å². The first kappa shape index (κ1) is 28.7. The van der Waals surface area contributed by atoms with E-state index in [1.54, 1.807) is 0 Å². The molecule has 0 aliphatic carbocycles. The van der Waals surface area contributed by atoms with Crippen molar-refractivity contribution in [3.63, 3.8) is 0 Å². The fourth-order valence-electron chi connectivity index (χ4n) is 3.81. The minimum Gasteiger partial charge on any atom is -0.480 e. The van der Waals surface area contributed by atoms with Crippen LogP contribution in [0.25, 0.3) is 0 Å². The normalized spacial score (nSPS) is 18.4. The Morgan fingerprint density at radius 1 is 1.00 bits per heavy atom. The van der Waals surface area contributed by atoms with Crippen molar-refractivity contribution in [2.45, 2.75) is 56.4 Å². The molecule has 36 heavy (non-hydrogen) atoms. The SMILES string of the molecule is C[C@H](NC(=O)[C@@H](N)Cc1ccccc1)C(=O)N1CCC[C@H]1C(=O)N[C@@H](CO)C(=O)N[C@@H](CO)C(=O)O. The number of carboxylic acids is 1. The molecule has 1 saturated heterocycles. The first-order valence-corrected chi connectivity index (χ1v) is 11.5. The van der Waals surface area contributed by atoms with Crippen LogP contribution in [0, 0.1) is 0 Å². The van der Waals surface area contributed by atoms with E-state index in [1.165, 1.54) is 11.8 Å². The minimum absolute atomic E-state index is 0.245. The summed E-state index contributed by atoms with van der Waals surface area (Å²) in [5, 5.41) is 34.4. The molecule has 0 aromatic heterocycles. The van der Waals surface area contributed by atoms with Crippen molar-refractivity contribution < 1.29 is 39.3 Å². The molecule has 0 saturated carbocycles. The monoisotopic (exact) mass is 507 g/mol. The number of aliphatic carboxylic acids is 1. The standard InChI is InChI=1S/C23H33N5O8/c1-13(25-19(31)15(24)10-14-6-3-2-4-7-14)22(34)28-9-5-8-18(28)21(33)26-16(11-29)20(32)27-17(12-30)23(35)36/h2-4,6-7,13,15-18,29-30H,5,8-12,24H2,1H3,(H,25,31)(H,26,33)(H,27,32)(H,35,36)/t13-,15-,16-,17-,18-/m0/s1. The topological polar surface area (TPSA) is 211 Å². The number of rotatable bonds is 12. The van der Waals surface area contributed by atoms with Gasteiger partial charge in [0, 0.05) is 6.54 Å². The lowest BCUT2D eigenvalue weighted by atomic mass is 10.1. The Bertz CT molecular complexity index is 944. The Morgan fingerprint density at radius 3 is 2.22 bits per heavy atom. The van der Waals surface area contributed by atoms with Gasteiger partial charge in [-0.2, -0.15) is 0 Å². The number of nitrogens with zero attached hydrogens (tertiary/aromatic N) is 1. The van der Waals surface area contributed by atoms with Crippen LogP contribution in [0.5, 0.6) is 0 Å². The highest BCUT2D eigenvalue weighted by Crippen LogP contribution is 2.19. The fourth-order valence-corrected chi connectivity index (χ4v) is 3.81. The molecule has 4 amide bonds. The summed E-state index contributed by atoms with van der Waals surface area (Å²) in [6.07, 6.45) is 1.07. The molecule has 1 aromatic carbocycles. The van der Waals surface area contributed by atoms with Gasteiger partial charge in [0.25, 0.3) is 0 Å². The van der Waals surface area contributed by atoms with Gasteiger partial charge < -0.3 is 41.9 Å². The summed E-state index contributed by atoms with van der Waals surface area (Å²) in [6, 6.07) is 3.27. The Balaban J connectivity index is 1.96. The number of likely N-dealkylation sites (tertiary alicyclic amines) is 1. The molecule has 5 atom stereocenters. The number of hydrogen-bond donors (Lipinski definition) is 7. The molecule has 0 unspecified atom stereocenters. The number of carbonyl (C=O) groups excluding carboxylic acids is 4. The number of aliphatic hydroxyl groups is 2. The van der Waals surface area contributed by atoms with Crippen LogP contribution in [-0.2, 0) is 30.4 Å². The highest BCUT2D eigenvalue weighted by atomic mass is 16.4. The van der Waals surface area contributed by atoms with Crippen LogP contribution in [0.4, 0.5) is 0 Å². The lowest BCUT2D eigenvalue weighted by Gasteiger charge is -2.29.